The smallest absolute Gasteiger partial charge is 0.234 e. The van der Waals surface area contributed by atoms with Crippen LogP contribution in [-0.4, -0.2) is 17.8 Å². The largest absolute Gasteiger partial charge is 0.360 e. The number of hydrogen-bond acceptors (Lipinski definition) is 3. The fourth-order valence-corrected chi connectivity index (χ4v) is 2.28. The summed E-state index contributed by atoms with van der Waals surface area (Å²) in [6, 6.07) is 20.2. The molecule has 0 spiro atoms. The molecule has 0 saturated carbocycles. The van der Waals surface area contributed by atoms with Crippen LogP contribution in [0.25, 0.3) is 0 Å². The van der Waals surface area contributed by atoms with Gasteiger partial charge in [0.05, 0.1) is 0 Å². The summed E-state index contributed by atoms with van der Waals surface area (Å²) in [6.45, 7) is 2.03. The van der Waals surface area contributed by atoms with Gasteiger partial charge in [-0.25, -0.2) is 0 Å². The van der Waals surface area contributed by atoms with Crippen LogP contribution in [0.3, 0.4) is 0 Å². The van der Waals surface area contributed by atoms with Gasteiger partial charge in [-0.3, -0.25) is 0 Å². The third-order valence-corrected chi connectivity index (χ3v) is 3.61. The van der Waals surface area contributed by atoms with Crippen LogP contribution < -0.4 is 0 Å². The van der Waals surface area contributed by atoms with E-state index in [9.17, 15) is 0 Å². The molecule has 3 rings (SSSR count). The van der Waals surface area contributed by atoms with Crippen molar-refractivity contribution >= 4 is 5.84 Å². The van der Waals surface area contributed by atoms with Gasteiger partial charge in [-0.05, 0) is 0 Å². The first-order valence-electron chi connectivity index (χ1n) is 6.33. The lowest BCUT2D eigenvalue weighted by Crippen LogP contribution is -2.41. The van der Waals surface area contributed by atoms with Gasteiger partial charge in [-0.15, -0.1) is 0 Å². The highest BCUT2D eigenvalue weighted by Gasteiger charge is 2.41. The molecule has 0 aliphatic carbocycles. The zero-order valence-electron chi connectivity index (χ0n) is 11.1. The summed E-state index contributed by atoms with van der Waals surface area (Å²) in [5, 5.41) is 4.26. The summed E-state index contributed by atoms with van der Waals surface area (Å²) in [5.41, 5.74) is 1.60. The molecule has 0 saturated heterocycles. The SMILES string of the molecule is CN1C(c2ccccc2)=NO[C@@]1(C)c1ccccc1. The quantitative estimate of drug-likeness (QED) is 0.820. The van der Waals surface area contributed by atoms with Gasteiger partial charge in [0.2, 0.25) is 5.72 Å². The highest BCUT2D eigenvalue weighted by Crippen LogP contribution is 2.34. The van der Waals surface area contributed by atoms with Crippen LogP contribution in [0.2, 0.25) is 0 Å². The molecule has 0 fully saturated rings. The lowest BCUT2D eigenvalue weighted by molar-refractivity contribution is -0.0814. The highest BCUT2D eigenvalue weighted by atomic mass is 16.7. The summed E-state index contributed by atoms with van der Waals surface area (Å²) >= 11 is 0. The molecule has 0 aromatic heterocycles. The van der Waals surface area contributed by atoms with Gasteiger partial charge < -0.3 is 9.74 Å². The minimum atomic E-state index is -0.549. The van der Waals surface area contributed by atoms with Gasteiger partial charge in [0.25, 0.3) is 0 Å². The molecule has 1 atom stereocenters. The molecule has 3 nitrogen and oxygen atoms in total. The van der Waals surface area contributed by atoms with E-state index in [-0.39, 0.29) is 0 Å². The normalized spacial score (nSPS) is 22.0. The number of rotatable bonds is 2. The van der Waals surface area contributed by atoms with Crippen LogP contribution in [0.5, 0.6) is 0 Å². The molecule has 0 amide bonds. The minimum absolute atomic E-state index is 0.549. The molecule has 0 N–H and O–H groups in total. The molecule has 0 radical (unpaired) electrons. The summed E-state index contributed by atoms with van der Waals surface area (Å²) < 4.78 is 0. The van der Waals surface area contributed by atoms with E-state index < -0.39 is 5.72 Å². The Morgan fingerprint density at radius 2 is 1.53 bits per heavy atom. The summed E-state index contributed by atoms with van der Waals surface area (Å²) in [6.07, 6.45) is 0. The van der Waals surface area contributed by atoms with E-state index in [0.29, 0.717) is 0 Å². The Balaban J connectivity index is 1.95. The van der Waals surface area contributed by atoms with Crippen molar-refractivity contribution in [2.24, 2.45) is 5.16 Å². The second kappa shape index (κ2) is 4.43. The molecule has 1 aliphatic rings. The van der Waals surface area contributed by atoms with Gasteiger partial charge in [0, 0.05) is 25.1 Å². The van der Waals surface area contributed by atoms with Gasteiger partial charge in [-0.2, -0.15) is 0 Å². The maximum atomic E-state index is 5.72. The maximum absolute atomic E-state index is 5.72. The molecule has 1 heterocycles. The van der Waals surface area contributed by atoms with E-state index in [1.807, 2.05) is 62.5 Å². The molecule has 0 bridgehead atoms. The number of amidine groups is 1. The molecule has 1 aliphatic heterocycles. The Kier molecular flexibility index (Phi) is 2.75. The zero-order valence-corrected chi connectivity index (χ0v) is 11.1. The first-order valence-corrected chi connectivity index (χ1v) is 6.33. The number of hydrogen-bond donors (Lipinski definition) is 0. The Morgan fingerprint density at radius 1 is 0.947 bits per heavy atom. The number of nitrogens with zero attached hydrogens (tertiary/aromatic N) is 2. The van der Waals surface area contributed by atoms with E-state index >= 15 is 0 Å². The van der Waals surface area contributed by atoms with Crippen molar-refractivity contribution < 1.29 is 4.84 Å². The molecular weight excluding hydrogens is 236 g/mol. The van der Waals surface area contributed by atoms with Gasteiger partial charge in [-0.1, -0.05) is 65.8 Å². The van der Waals surface area contributed by atoms with Crippen molar-refractivity contribution in [1.82, 2.24) is 4.90 Å². The lowest BCUT2D eigenvalue weighted by Gasteiger charge is -2.31. The first kappa shape index (κ1) is 11.8. The fourth-order valence-electron chi connectivity index (χ4n) is 2.28. The number of oxime groups is 1. The fraction of sp³-hybridized carbons (Fsp3) is 0.188. The monoisotopic (exact) mass is 252 g/mol. The third kappa shape index (κ3) is 1.87. The average Bonchev–Trinajstić information content (AvgIpc) is 2.78. The topological polar surface area (TPSA) is 24.8 Å². The van der Waals surface area contributed by atoms with E-state index in [4.69, 9.17) is 4.84 Å². The van der Waals surface area contributed by atoms with Crippen molar-refractivity contribution in [1.29, 1.82) is 0 Å². The molecule has 0 unspecified atom stereocenters. The summed E-state index contributed by atoms with van der Waals surface area (Å²) in [5.74, 6) is 0.854. The van der Waals surface area contributed by atoms with Crippen molar-refractivity contribution in [3.05, 3.63) is 71.8 Å². The van der Waals surface area contributed by atoms with Crippen LogP contribution >= 0.6 is 0 Å². The zero-order chi connectivity index (χ0) is 13.3. The van der Waals surface area contributed by atoms with Crippen LogP contribution in [0.15, 0.2) is 65.8 Å². The van der Waals surface area contributed by atoms with E-state index in [1.54, 1.807) is 0 Å². The summed E-state index contributed by atoms with van der Waals surface area (Å²) in [4.78, 5) is 7.79. The lowest BCUT2D eigenvalue weighted by atomic mass is 10.0. The molecule has 2 aromatic rings. The third-order valence-electron chi connectivity index (χ3n) is 3.61. The Bertz CT molecular complexity index is 595. The highest BCUT2D eigenvalue weighted by molar-refractivity contribution is 5.99. The first-order chi connectivity index (χ1) is 9.22. The second-order valence-corrected chi connectivity index (χ2v) is 4.78. The molecule has 19 heavy (non-hydrogen) atoms. The van der Waals surface area contributed by atoms with Gasteiger partial charge in [0.15, 0.2) is 5.84 Å². The van der Waals surface area contributed by atoms with Gasteiger partial charge >= 0.3 is 0 Å². The van der Waals surface area contributed by atoms with Crippen LogP contribution in [0, 0.1) is 0 Å². The molecular formula is C16H16N2O. The predicted octanol–water partition coefficient (Wildman–Crippen LogP) is 3.18. The van der Waals surface area contributed by atoms with Crippen LogP contribution in [-0.2, 0) is 10.6 Å². The Labute approximate surface area is 113 Å². The number of benzene rings is 2. The Hall–Kier alpha value is -2.29. The van der Waals surface area contributed by atoms with Crippen LogP contribution in [0.1, 0.15) is 18.1 Å². The van der Waals surface area contributed by atoms with Gasteiger partial charge in [0.1, 0.15) is 0 Å². The molecule has 3 heteroatoms. The van der Waals surface area contributed by atoms with Crippen molar-refractivity contribution in [2.45, 2.75) is 12.6 Å². The van der Waals surface area contributed by atoms with Crippen LogP contribution in [0.4, 0.5) is 0 Å². The Morgan fingerprint density at radius 3 is 2.16 bits per heavy atom. The summed E-state index contributed by atoms with van der Waals surface area (Å²) in [7, 11) is 2.01. The van der Waals surface area contributed by atoms with E-state index in [1.165, 1.54) is 0 Å². The van der Waals surface area contributed by atoms with E-state index in [2.05, 4.69) is 22.2 Å². The predicted molar refractivity (Wildman–Crippen MR) is 75.6 cm³/mol. The maximum Gasteiger partial charge on any atom is 0.234 e. The standard InChI is InChI=1S/C16H16N2O/c1-16(14-11-7-4-8-12-14)18(2)15(17-19-16)13-9-5-3-6-10-13/h3-12H,1-2H3/t16-/m0/s1. The van der Waals surface area contributed by atoms with Crippen molar-refractivity contribution in [3.63, 3.8) is 0 Å². The molecule has 96 valence electrons. The average molecular weight is 252 g/mol. The van der Waals surface area contributed by atoms with Crippen molar-refractivity contribution in [3.8, 4) is 0 Å². The molecule has 2 aromatic carbocycles. The second-order valence-electron chi connectivity index (χ2n) is 4.78. The van der Waals surface area contributed by atoms with Crippen molar-refractivity contribution in [2.75, 3.05) is 7.05 Å². The van der Waals surface area contributed by atoms with E-state index in [0.717, 1.165) is 17.0 Å². The minimum Gasteiger partial charge on any atom is -0.360 e.